The summed E-state index contributed by atoms with van der Waals surface area (Å²) in [5.74, 6) is 1.03. The first-order valence-electron chi connectivity index (χ1n) is 12.7. The number of rotatable bonds is 11. The van der Waals surface area contributed by atoms with Crippen LogP contribution in [-0.2, 0) is 42.4 Å². The summed E-state index contributed by atoms with van der Waals surface area (Å²) in [6.45, 7) is 0.709. The second-order valence-corrected chi connectivity index (χ2v) is 10.6. The molecule has 0 saturated heterocycles. The van der Waals surface area contributed by atoms with Crippen molar-refractivity contribution in [3.63, 3.8) is 0 Å². The third-order valence-electron chi connectivity index (χ3n) is 7.06. The molecule has 1 amide bonds. The number of aliphatic carboxylic acids is 1. The third kappa shape index (κ3) is 5.80. The van der Waals surface area contributed by atoms with Crippen LogP contribution in [0.25, 0.3) is 11.3 Å². The molecule has 0 saturated carbocycles. The summed E-state index contributed by atoms with van der Waals surface area (Å²) in [6.07, 6.45) is 4.97. The lowest BCUT2D eigenvalue weighted by Crippen LogP contribution is -2.43. The van der Waals surface area contributed by atoms with Gasteiger partial charge in [0.15, 0.2) is 0 Å². The van der Waals surface area contributed by atoms with E-state index in [4.69, 9.17) is 14.5 Å². The number of amides is 1. The van der Waals surface area contributed by atoms with Crippen molar-refractivity contribution in [2.24, 2.45) is 12.5 Å². The van der Waals surface area contributed by atoms with E-state index in [9.17, 15) is 14.7 Å². The van der Waals surface area contributed by atoms with Crippen LogP contribution < -0.4 is 14.8 Å². The van der Waals surface area contributed by atoms with E-state index in [1.807, 2.05) is 65.7 Å². The van der Waals surface area contributed by atoms with Gasteiger partial charge in [0.1, 0.15) is 22.3 Å². The fraction of sp³-hybridized carbons (Fsp3) is 0.310. The lowest BCUT2D eigenvalue weighted by atomic mass is 9.80. The number of fused-ring (bicyclic) bond motifs is 1. The molecular formula is C29H30N4O5S. The van der Waals surface area contributed by atoms with Gasteiger partial charge in [-0.2, -0.15) is 0 Å². The highest BCUT2D eigenvalue weighted by atomic mass is 32.1. The Balaban J connectivity index is 1.23. The smallest absolute Gasteiger partial charge is 0.304 e. The maximum Gasteiger partial charge on any atom is 0.304 e. The minimum Gasteiger partial charge on any atom is -0.496 e. The number of nitrogens with zero attached hydrogens (tertiary/aromatic N) is 3. The van der Waals surface area contributed by atoms with E-state index in [1.54, 1.807) is 13.3 Å². The summed E-state index contributed by atoms with van der Waals surface area (Å²) in [7, 11) is 3.56. The van der Waals surface area contributed by atoms with Crippen LogP contribution >= 0.6 is 11.3 Å². The molecule has 0 aliphatic heterocycles. The van der Waals surface area contributed by atoms with Gasteiger partial charge in [0.25, 0.3) is 0 Å². The molecule has 0 radical (unpaired) electrons. The molecule has 5 rings (SSSR count). The van der Waals surface area contributed by atoms with Gasteiger partial charge in [-0.1, -0.05) is 24.3 Å². The molecule has 202 valence electrons. The van der Waals surface area contributed by atoms with E-state index in [0.29, 0.717) is 37.4 Å². The van der Waals surface area contributed by atoms with E-state index < -0.39 is 11.4 Å². The van der Waals surface area contributed by atoms with Gasteiger partial charge in [-0.3, -0.25) is 9.59 Å². The Morgan fingerprint density at radius 2 is 1.95 bits per heavy atom. The van der Waals surface area contributed by atoms with Gasteiger partial charge < -0.3 is 24.5 Å². The Morgan fingerprint density at radius 1 is 1.18 bits per heavy atom. The zero-order valence-electron chi connectivity index (χ0n) is 21.8. The summed E-state index contributed by atoms with van der Waals surface area (Å²) < 4.78 is 13.5. The van der Waals surface area contributed by atoms with Gasteiger partial charge in [-0.25, -0.2) is 9.97 Å². The van der Waals surface area contributed by atoms with Crippen LogP contribution in [0.2, 0.25) is 0 Å². The molecule has 1 aliphatic carbocycles. The minimum absolute atomic E-state index is 0.218. The van der Waals surface area contributed by atoms with Crippen LogP contribution in [0.3, 0.4) is 0 Å². The summed E-state index contributed by atoms with van der Waals surface area (Å²) in [6, 6.07) is 13.4. The average Bonchev–Trinajstić information content (AvgIpc) is 3.65. The quantitative estimate of drug-likeness (QED) is 0.292. The standard InChI is InChI=1S/C29H30N4O5S/c1-33-11-10-30-25(33)9-12-38-21-7-8-22(24(13-21)37-2)23-18-39-26(32-23)17-31-28(36)29(16-27(34)35)14-19-5-3-4-6-20(19)15-29/h3-8,10-11,13,18H,9,12,14-17H2,1-2H3,(H,31,36)(H,34,35). The zero-order valence-corrected chi connectivity index (χ0v) is 22.7. The summed E-state index contributed by atoms with van der Waals surface area (Å²) in [5, 5.41) is 15.1. The highest BCUT2D eigenvalue weighted by Crippen LogP contribution is 2.40. The molecule has 0 bridgehead atoms. The molecule has 2 heterocycles. The first kappa shape index (κ1) is 26.4. The number of aromatic nitrogens is 3. The molecule has 39 heavy (non-hydrogen) atoms. The highest BCUT2D eigenvalue weighted by molar-refractivity contribution is 7.09. The first-order chi connectivity index (χ1) is 18.9. The maximum absolute atomic E-state index is 13.3. The van der Waals surface area contributed by atoms with Crippen molar-refractivity contribution in [3.8, 4) is 22.8 Å². The van der Waals surface area contributed by atoms with Crippen molar-refractivity contribution in [2.75, 3.05) is 13.7 Å². The number of benzene rings is 2. The predicted octanol–water partition coefficient (Wildman–Crippen LogP) is 4.05. The van der Waals surface area contributed by atoms with Crippen molar-refractivity contribution in [1.29, 1.82) is 0 Å². The lowest BCUT2D eigenvalue weighted by Gasteiger charge is -2.25. The van der Waals surface area contributed by atoms with Gasteiger partial charge in [-0.05, 0) is 36.1 Å². The van der Waals surface area contributed by atoms with Gasteiger partial charge in [-0.15, -0.1) is 11.3 Å². The SMILES string of the molecule is COc1cc(OCCc2nccn2C)ccc1-c1csc(CNC(=O)C2(CC(=O)O)Cc3ccccc3C2)n1. The summed E-state index contributed by atoms with van der Waals surface area (Å²) in [4.78, 5) is 34.0. The van der Waals surface area contributed by atoms with E-state index in [1.165, 1.54) is 11.3 Å². The minimum atomic E-state index is -0.995. The van der Waals surface area contributed by atoms with E-state index in [0.717, 1.165) is 33.2 Å². The average molecular weight is 547 g/mol. The number of ether oxygens (including phenoxy) is 2. The molecule has 2 aromatic carbocycles. The number of aryl methyl sites for hydroxylation is 1. The van der Waals surface area contributed by atoms with Crippen LogP contribution in [0.5, 0.6) is 11.5 Å². The second-order valence-electron chi connectivity index (χ2n) is 9.70. The Bertz CT molecular complexity index is 1470. The number of thiazole rings is 1. The molecule has 1 aliphatic rings. The Hall–Kier alpha value is -4.18. The van der Waals surface area contributed by atoms with Crippen molar-refractivity contribution in [1.82, 2.24) is 19.9 Å². The van der Waals surface area contributed by atoms with Crippen molar-refractivity contribution >= 4 is 23.2 Å². The molecule has 0 spiro atoms. The number of nitrogens with one attached hydrogen (secondary N) is 1. The number of imidazole rings is 1. The van der Waals surface area contributed by atoms with Gasteiger partial charge >= 0.3 is 5.97 Å². The first-order valence-corrected chi connectivity index (χ1v) is 13.5. The molecule has 2 aromatic heterocycles. The van der Waals surface area contributed by atoms with Gasteiger partial charge in [0.2, 0.25) is 5.91 Å². The maximum atomic E-state index is 13.3. The van der Waals surface area contributed by atoms with E-state index >= 15 is 0 Å². The van der Waals surface area contributed by atoms with Crippen LogP contribution in [0.1, 0.15) is 28.4 Å². The molecule has 0 unspecified atom stereocenters. The molecule has 0 atom stereocenters. The number of methoxy groups -OCH3 is 1. The number of hydrogen-bond acceptors (Lipinski definition) is 7. The van der Waals surface area contributed by atoms with Crippen LogP contribution in [-0.4, -0.2) is 45.2 Å². The van der Waals surface area contributed by atoms with E-state index in [2.05, 4.69) is 10.3 Å². The fourth-order valence-electron chi connectivity index (χ4n) is 5.08. The Morgan fingerprint density at radius 3 is 2.62 bits per heavy atom. The largest absolute Gasteiger partial charge is 0.496 e. The number of carboxylic acid groups (broad SMARTS) is 1. The van der Waals surface area contributed by atoms with Gasteiger partial charge in [0, 0.05) is 42.9 Å². The van der Waals surface area contributed by atoms with Crippen LogP contribution in [0, 0.1) is 5.41 Å². The highest BCUT2D eigenvalue weighted by Gasteiger charge is 2.45. The molecule has 0 fully saturated rings. The van der Waals surface area contributed by atoms with E-state index in [-0.39, 0.29) is 18.9 Å². The Labute approximate surface area is 230 Å². The summed E-state index contributed by atoms with van der Waals surface area (Å²) >= 11 is 1.43. The number of carbonyl (C=O) groups excluding carboxylic acids is 1. The van der Waals surface area contributed by atoms with Crippen molar-refractivity contribution in [3.05, 3.63) is 82.2 Å². The topological polar surface area (TPSA) is 116 Å². The number of carbonyl (C=O) groups is 2. The second kappa shape index (κ2) is 11.3. The van der Waals surface area contributed by atoms with Crippen molar-refractivity contribution < 1.29 is 24.2 Å². The number of hydrogen-bond donors (Lipinski definition) is 2. The Kier molecular flexibility index (Phi) is 7.65. The van der Waals surface area contributed by atoms with Crippen LogP contribution in [0.15, 0.2) is 60.2 Å². The third-order valence-corrected chi connectivity index (χ3v) is 7.91. The molecular weight excluding hydrogens is 516 g/mol. The predicted molar refractivity (Wildman–Crippen MR) is 147 cm³/mol. The monoisotopic (exact) mass is 546 g/mol. The molecule has 4 aromatic rings. The molecule has 2 N–H and O–H groups in total. The van der Waals surface area contributed by atoms with Crippen molar-refractivity contribution in [2.45, 2.75) is 32.2 Å². The summed E-state index contributed by atoms with van der Waals surface area (Å²) in [5.41, 5.74) is 2.61. The van der Waals surface area contributed by atoms with Crippen LogP contribution in [0.4, 0.5) is 0 Å². The normalized spacial score (nSPS) is 13.6. The molecule has 10 heteroatoms. The lowest BCUT2D eigenvalue weighted by molar-refractivity contribution is -0.145. The zero-order chi connectivity index (χ0) is 27.4. The number of carboxylic acids is 1. The van der Waals surface area contributed by atoms with Gasteiger partial charge in [0.05, 0.1) is 37.8 Å². The fourth-order valence-corrected chi connectivity index (χ4v) is 5.81. The molecule has 9 nitrogen and oxygen atoms in total.